The number of benzene rings is 4. The highest BCUT2D eigenvalue weighted by atomic mass is 35.5. The number of carbonyl (C=O) groups is 2. The molecule has 4 aromatic rings. The van der Waals surface area contributed by atoms with Crippen molar-refractivity contribution in [2.75, 3.05) is 7.11 Å². The molecule has 0 saturated heterocycles. The van der Waals surface area contributed by atoms with Crippen molar-refractivity contribution in [3.05, 3.63) is 123 Å². The van der Waals surface area contributed by atoms with Crippen LogP contribution in [-0.2, 0) is 6.61 Å². The Morgan fingerprint density at radius 1 is 0.842 bits per heavy atom. The Kier molecular flexibility index (Phi) is 8.98. The smallest absolute Gasteiger partial charge is 0.345 e. The third kappa shape index (κ3) is 6.91. The Bertz CT molecular complexity index is 1480. The molecule has 0 bridgehead atoms. The number of nitrogens with one attached hydrogen (secondary N) is 1. The fourth-order valence-corrected chi connectivity index (χ4v) is 3.89. The van der Waals surface area contributed by atoms with Crippen LogP contribution in [0.5, 0.6) is 17.2 Å². The van der Waals surface area contributed by atoms with E-state index in [1.165, 1.54) is 25.5 Å². The maximum absolute atomic E-state index is 12.7. The third-order valence-corrected chi connectivity index (χ3v) is 5.84. The molecule has 1 amide bonds. The van der Waals surface area contributed by atoms with Crippen molar-refractivity contribution in [1.82, 2.24) is 5.43 Å². The Balaban J connectivity index is 1.40. The molecule has 0 unspecified atom stereocenters. The first-order valence-electron chi connectivity index (χ1n) is 11.4. The van der Waals surface area contributed by atoms with Gasteiger partial charge < -0.3 is 14.2 Å². The second kappa shape index (κ2) is 12.8. The molecular weight excluding hydrogens is 527 g/mol. The van der Waals surface area contributed by atoms with Crippen molar-refractivity contribution in [1.29, 1.82) is 0 Å². The molecule has 192 valence electrons. The van der Waals surface area contributed by atoms with E-state index in [0.717, 1.165) is 5.56 Å². The van der Waals surface area contributed by atoms with Crippen LogP contribution in [0.15, 0.2) is 96.1 Å². The van der Waals surface area contributed by atoms with Gasteiger partial charge in [0.15, 0.2) is 11.5 Å². The number of nitrogens with zero attached hydrogens (tertiary/aromatic N) is 1. The average molecular weight is 549 g/mol. The number of carbonyl (C=O) groups excluding carboxylic acids is 2. The lowest BCUT2D eigenvalue weighted by atomic mass is 10.2. The molecule has 9 heteroatoms. The van der Waals surface area contributed by atoms with Gasteiger partial charge in [-0.3, -0.25) is 4.79 Å². The minimum absolute atomic E-state index is 0.166. The second-order valence-corrected chi connectivity index (χ2v) is 8.74. The number of para-hydroxylation sites is 1. The summed E-state index contributed by atoms with van der Waals surface area (Å²) in [5.74, 6) is -0.167. The van der Waals surface area contributed by atoms with Gasteiger partial charge in [0, 0.05) is 5.02 Å². The van der Waals surface area contributed by atoms with E-state index in [2.05, 4.69) is 10.5 Å². The second-order valence-electron chi connectivity index (χ2n) is 7.89. The van der Waals surface area contributed by atoms with Gasteiger partial charge in [-0.2, -0.15) is 5.10 Å². The van der Waals surface area contributed by atoms with Crippen molar-refractivity contribution >= 4 is 41.3 Å². The zero-order valence-electron chi connectivity index (χ0n) is 20.2. The van der Waals surface area contributed by atoms with Crippen LogP contribution < -0.4 is 19.6 Å². The molecule has 0 aliphatic heterocycles. The first kappa shape index (κ1) is 26.7. The van der Waals surface area contributed by atoms with Gasteiger partial charge in [0.25, 0.3) is 5.91 Å². The van der Waals surface area contributed by atoms with E-state index in [1.807, 2.05) is 30.3 Å². The normalized spacial score (nSPS) is 10.7. The van der Waals surface area contributed by atoms with E-state index in [0.29, 0.717) is 34.3 Å². The number of hydrogen-bond donors (Lipinski definition) is 1. The van der Waals surface area contributed by atoms with Crippen LogP contribution >= 0.6 is 23.2 Å². The SMILES string of the molecule is COc1cc(/C=N/NC(=O)c2ccccc2OCc2ccccc2)ccc1OC(=O)c1ccc(Cl)cc1Cl. The van der Waals surface area contributed by atoms with Crippen molar-refractivity contribution in [2.45, 2.75) is 6.61 Å². The largest absolute Gasteiger partial charge is 0.493 e. The standard InChI is InChI=1S/C29H22Cl2N2O5/c1-36-27-15-20(11-14-26(27)38-29(35)22-13-12-21(30)16-24(22)31)17-32-33-28(34)23-9-5-6-10-25(23)37-18-19-7-3-2-4-8-19/h2-17H,18H2,1H3,(H,33,34)/b32-17+. The van der Waals surface area contributed by atoms with Crippen molar-refractivity contribution in [3.63, 3.8) is 0 Å². The van der Waals surface area contributed by atoms with Gasteiger partial charge in [0.1, 0.15) is 12.4 Å². The van der Waals surface area contributed by atoms with Gasteiger partial charge in [-0.25, -0.2) is 10.2 Å². The highest BCUT2D eigenvalue weighted by Gasteiger charge is 2.16. The van der Waals surface area contributed by atoms with Crippen LogP contribution in [0.4, 0.5) is 0 Å². The molecule has 0 fully saturated rings. The summed E-state index contributed by atoms with van der Waals surface area (Å²) in [7, 11) is 1.44. The van der Waals surface area contributed by atoms with Crippen molar-refractivity contribution < 1.29 is 23.8 Å². The van der Waals surface area contributed by atoms with E-state index >= 15 is 0 Å². The minimum atomic E-state index is -0.660. The topological polar surface area (TPSA) is 86.2 Å². The van der Waals surface area contributed by atoms with E-state index in [4.69, 9.17) is 37.4 Å². The molecule has 1 N–H and O–H groups in total. The minimum Gasteiger partial charge on any atom is -0.493 e. The molecule has 0 heterocycles. The number of methoxy groups -OCH3 is 1. The predicted molar refractivity (Wildman–Crippen MR) is 147 cm³/mol. The van der Waals surface area contributed by atoms with Crippen LogP contribution in [-0.4, -0.2) is 25.2 Å². The molecule has 4 rings (SSSR count). The summed E-state index contributed by atoms with van der Waals surface area (Å²) < 4.78 is 16.6. The molecule has 0 spiro atoms. The van der Waals surface area contributed by atoms with Gasteiger partial charge in [-0.15, -0.1) is 0 Å². The fraction of sp³-hybridized carbons (Fsp3) is 0.0690. The Labute approximate surface area is 229 Å². The number of amides is 1. The summed E-state index contributed by atoms with van der Waals surface area (Å²) in [6.45, 7) is 0.329. The molecule has 0 aromatic heterocycles. The maximum atomic E-state index is 12.7. The van der Waals surface area contributed by atoms with Crippen LogP contribution in [0, 0.1) is 0 Å². The lowest BCUT2D eigenvalue weighted by molar-refractivity contribution is 0.0729. The summed E-state index contributed by atoms with van der Waals surface area (Å²) >= 11 is 12.0. The number of ether oxygens (including phenoxy) is 3. The highest BCUT2D eigenvalue weighted by Crippen LogP contribution is 2.30. The highest BCUT2D eigenvalue weighted by molar-refractivity contribution is 6.36. The number of rotatable bonds is 9. The Morgan fingerprint density at radius 3 is 2.37 bits per heavy atom. The molecule has 7 nitrogen and oxygen atoms in total. The summed E-state index contributed by atoms with van der Waals surface area (Å²) in [5.41, 5.74) is 4.60. The van der Waals surface area contributed by atoms with Crippen LogP contribution in [0.2, 0.25) is 10.0 Å². The van der Waals surface area contributed by atoms with Crippen LogP contribution in [0.25, 0.3) is 0 Å². The summed E-state index contributed by atoms with van der Waals surface area (Å²) in [6.07, 6.45) is 1.44. The summed E-state index contributed by atoms with van der Waals surface area (Å²) in [4.78, 5) is 25.3. The molecular formula is C29H22Cl2N2O5. The van der Waals surface area contributed by atoms with Gasteiger partial charge in [-0.05, 0) is 59.7 Å². The number of halogens is 2. The van der Waals surface area contributed by atoms with E-state index in [1.54, 1.807) is 48.5 Å². The molecule has 0 atom stereocenters. The van der Waals surface area contributed by atoms with Gasteiger partial charge in [-0.1, -0.05) is 65.7 Å². The van der Waals surface area contributed by atoms with Gasteiger partial charge in [0.2, 0.25) is 0 Å². The molecule has 4 aromatic carbocycles. The lowest BCUT2D eigenvalue weighted by Gasteiger charge is -2.11. The molecule has 38 heavy (non-hydrogen) atoms. The Morgan fingerprint density at radius 2 is 1.61 bits per heavy atom. The number of esters is 1. The quantitative estimate of drug-likeness (QED) is 0.111. The van der Waals surface area contributed by atoms with Gasteiger partial charge in [0.05, 0.1) is 29.5 Å². The van der Waals surface area contributed by atoms with Crippen LogP contribution in [0.3, 0.4) is 0 Å². The average Bonchev–Trinajstić information content (AvgIpc) is 2.93. The van der Waals surface area contributed by atoms with E-state index < -0.39 is 11.9 Å². The number of hydrogen-bond acceptors (Lipinski definition) is 6. The fourth-order valence-electron chi connectivity index (χ4n) is 3.40. The maximum Gasteiger partial charge on any atom is 0.345 e. The Hall–Kier alpha value is -4.33. The molecule has 0 radical (unpaired) electrons. The summed E-state index contributed by atoms with van der Waals surface area (Å²) in [6, 6.07) is 25.9. The van der Waals surface area contributed by atoms with E-state index in [9.17, 15) is 9.59 Å². The third-order valence-electron chi connectivity index (χ3n) is 5.29. The number of hydrazone groups is 1. The molecule has 0 saturated carbocycles. The predicted octanol–water partition coefficient (Wildman–Crippen LogP) is 6.56. The zero-order chi connectivity index (χ0) is 26.9. The first-order valence-corrected chi connectivity index (χ1v) is 12.1. The summed E-state index contributed by atoms with van der Waals surface area (Å²) in [5, 5.41) is 4.62. The molecule has 0 aliphatic rings. The van der Waals surface area contributed by atoms with Crippen molar-refractivity contribution in [3.8, 4) is 17.2 Å². The lowest BCUT2D eigenvalue weighted by Crippen LogP contribution is -2.18. The molecule has 0 aliphatic carbocycles. The van der Waals surface area contributed by atoms with Crippen LogP contribution in [0.1, 0.15) is 31.8 Å². The zero-order valence-corrected chi connectivity index (χ0v) is 21.7. The first-order chi connectivity index (χ1) is 18.4. The van der Waals surface area contributed by atoms with Crippen molar-refractivity contribution in [2.24, 2.45) is 5.10 Å². The monoisotopic (exact) mass is 548 g/mol. The van der Waals surface area contributed by atoms with Gasteiger partial charge >= 0.3 is 5.97 Å². The van der Waals surface area contributed by atoms with E-state index in [-0.39, 0.29) is 16.3 Å².